The molecule has 1 aromatic heterocycles. The third-order valence-electron chi connectivity index (χ3n) is 3.84. The van der Waals surface area contributed by atoms with Crippen molar-refractivity contribution >= 4 is 38.3 Å². The van der Waals surface area contributed by atoms with Crippen molar-refractivity contribution in [2.24, 2.45) is 0 Å². The number of nitrogens with two attached hydrogens (primary N) is 1. The second-order valence-electron chi connectivity index (χ2n) is 5.26. The van der Waals surface area contributed by atoms with Crippen LogP contribution in [0.1, 0.15) is 5.56 Å². The number of pyridine rings is 1. The van der Waals surface area contributed by atoms with Crippen LogP contribution in [0.25, 0.3) is 32.6 Å². The lowest BCUT2D eigenvalue weighted by molar-refractivity contribution is 1.45. The predicted octanol–water partition coefficient (Wildman–Crippen LogP) is 4.43. The highest BCUT2D eigenvalue weighted by atomic mass is 14.7. The first kappa shape index (κ1) is 11.2. The van der Waals surface area contributed by atoms with E-state index < -0.39 is 0 Å². The van der Waals surface area contributed by atoms with E-state index in [0.717, 1.165) is 27.5 Å². The largest absolute Gasteiger partial charge is 0.398 e. The minimum Gasteiger partial charge on any atom is -0.398 e. The fourth-order valence-electron chi connectivity index (χ4n) is 2.77. The minimum absolute atomic E-state index is 0.816. The summed E-state index contributed by atoms with van der Waals surface area (Å²) in [6.45, 7) is 2.07. The monoisotopic (exact) mass is 258 g/mol. The number of nitrogen functional groups attached to an aromatic ring is 1. The Hall–Kier alpha value is -2.61. The van der Waals surface area contributed by atoms with Crippen molar-refractivity contribution < 1.29 is 0 Å². The zero-order valence-electron chi connectivity index (χ0n) is 11.2. The molecule has 0 bridgehead atoms. The molecule has 0 saturated carbocycles. The quantitative estimate of drug-likeness (QED) is 0.474. The van der Waals surface area contributed by atoms with E-state index in [-0.39, 0.29) is 0 Å². The summed E-state index contributed by atoms with van der Waals surface area (Å²) >= 11 is 0. The molecule has 0 saturated heterocycles. The molecule has 1 heterocycles. The van der Waals surface area contributed by atoms with Gasteiger partial charge in [-0.25, -0.2) is 4.98 Å². The van der Waals surface area contributed by atoms with Gasteiger partial charge in [0.1, 0.15) is 0 Å². The molecule has 0 aliphatic heterocycles. The average molecular weight is 258 g/mol. The lowest BCUT2D eigenvalue weighted by atomic mass is 10.0. The van der Waals surface area contributed by atoms with E-state index in [0.29, 0.717) is 0 Å². The maximum Gasteiger partial charge on any atom is 0.0736 e. The summed E-state index contributed by atoms with van der Waals surface area (Å²) in [7, 11) is 0. The molecule has 4 rings (SSSR count). The molecular weight excluding hydrogens is 244 g/mol. The third kappa shape index (κ3) is 1.55. The van der Waals surface area contributed by atoms with Gasteiger partial charge in [-0.3, -0.25) is 0 Å². The van der Waals surface area contributed by atoms with Crippen LogP contribution in [-0.4, -0.2) is 4.98 Å². The Morgan fingerprint density at radius 2 is 1.50 bits per heavy atom. The fraction of sp³-hybridized carbons (Fsp3) is 0.0556. The second-order valence-corrected chi connectivity index (χ2v) is 5.26. The van der Waals surface area contributed by atoms with Crippen molar-refractivity contribution in [1.82, 2.24) is 4.98 Å². The number of rotatable bonds is 0. The van der Waals surface area contributed by atoms with Gasteiger partial charge in [0.15, 0.2) is 0 Å². The SMILES string of the molecule is Cc1ccc2c(N)c3cc4ccccc4cc3nc2c1. The number of hydrogen-bond acceptors (Lipinski definition) is 2. The lowest BCUT2D eigenvalue weighted by Crippen LogP contribution is -1.93. The highest BCUT2D eigenvalue weighted by Gasteiger charge is 2.07. The van der Waals surface area contributed by atoms with Gasteiger partial charge >= 0.3 is 0 Å². The van der Waals surface area contributed by atoms with Crippen LogP contribution >= 0.6 is 0 Å². The number of hydrogen-bond donors (Lipinski definition) is 1. The first-order valence-corrected chi connectivity index (χ1v) is 6.71. The number of fused-ring (bicyclic) bond motifs is 3. The Kier molecular flexibility index (Phi) is 2.21. The number of benzene rings is 3. The molecule has 20 heavy (non-hydrogen) atoms. The van der Waals surface area contributed by atoms with Crippen LogP contribution in [0.2, 0.25) is 0 Å². The van der Waals surface area contributed by atoms with Gasteiger partial charge in [-0.1, -0.05) is 36.4 Å². The van der Waals surface area contributed by atoms with Gasteiger partial charge in [-0.05, 0) is 41.5 Å². The van der Waals surface area contributed by atoms with Crippen LogP contribution in [0.5, 0.6) is 0 Å². The van der Waals surface area contributed by atoms with Crippen molar-refractivity contribution in [1.29, 1.82) is 0 Å². The Morgan fingerprint density at radius 1 is 0.800 bits per heavy atom. The summed E-state index contributed by atoms with van der Waals surface area (Å²) in [6.07, 6.45) is 0. The van der Waals surface area contributed by atoms with E-state index in [1.165, 1.54) is 16.3 Å². The number of aryl methyl sites for hydroxylation is 1. The summed E-state index contributed by atoms with van der Waals surface area (Å²) in [4.78, 5) is 4.77. The molecule has 2 heteroatoms. The van der Waals surface area contributed by atoms with Crippen LogP contribution < -0.4 is 5.73 Å². The molecule has 0 spiro atoms. The molecule has 2 nitrogen and oxygen atoms in total. The van der Waals surface area contributed by atoms with Crippen molar-refractivity contribution in [2.75, 3.05) is 5.73 Å². The van der Waals surface area contributed by atoms with E-state index in [1.807, 2.05) is 12.1 Å². The number of anilines is 1. The molecule has 96 valence electrons. The Labute approximate surface area is 116 Å². The average Bonchev–Trinajstić information content (AvgIpc) is 2.45. The molecule has 2 N–H and O–H groups in total. The molecule has 0 unspecified atom stereocenters. The Balaban J connectivity index is 2.22. The topological polar surface area (TPSA) is 38.9 Å². The molecule has 0 atom stereocenters. The molecule has 0 fully saturated rings. The molecule has 0 amide bonds. The Bertz CT molecular complexity index is 971. The summed E-state index contributed by atoms with van der Waals surface area (Å²) < 4.78 is 0. The fourth-order valence-corrected chi connectivity index (χ4v) is 2.77. The van der Waals surface area contributed by atoms with Gasteiger partial charge in [-0.2, -0.15) is 0 Å². The maximum absolute atomic E-state index is 6.36. The Morgan fingerprint density at radius 3 is 2.30 bits per heavy atom. The van der Waals surface area contributed by atoms with E-state index in [1.54, 1.807) is 0 Å². The molecule has 0 radical (unpaired) electrons. The van der Waals surface area contributed by atoms with Crippen LogP contribution in [0.15, 0.2) is 54.6 Å². The standard InChI is InChI=1S/C18H14N2/c1-11-6-7-14-16(8-11)20-17-10-13-5-3-2-4-12(13)9-15(17)18(14)19/h2-10H,1H3,(H2,19,20). The summed E-state index contributed by atoms with van der Waals surface area (Å²) in [5.41, 5.74) is 10.3. The summed E-state index contributed by atoms with van der Waals surface area (Å²) in [5.74, 6) is 0. The molecule has 4 aromatic rings. The van der Waals surface area contributed by atoms with E-state index in [4.69, 9.17) is 10.7 Å². The summed E-state index contributed by atoms with van der Waals surface area (Å²) in [5, 5.41) is 4.44. The van der Waals surface area contributed by atoms with Crippen LogP contribution in [-0.2, 0) is 0 Å². The van der Waals surface area contributed by atoms with Gasteiger partial charge in [0.05, 0.1) is 16.7 Å². The summed E-state index contributed by atoms with van der Waals surface area (Å²) in [6, 6.07) is 18.8. The van der Waals surface area contributed by atoms with Crippen LogP contribution in [0.3, 0.4) is 0 Å². The molecule has 0 aliphatic carbocycles. The van der Waals surface area contributed by atoms with Crippen molar-refractivity contribution in [3.05, 3.63) is 60.2 Å². The van der Waals surface area contributed by atoms with Crippen LogP contribution in [0, 0.1) is 6.92 Å². The first-order chi connectivity index (χ1) is 9.72. The van der Waals surface area contributed by atoms with Crippen LogP contribution in [0.4, 0.5) is 5.69 Å². The van der Waals surface area contributed by atoms with Gasteiger partial charge < -0.3 is 5.73 Å². The zero-order chi connectivity index (χ0) is 13.7. The first-order valence-electron chi connectivity index (χ1n) is 6.71. The highest BCUT2D eigenvalue weighted by molar-refractivity contribution is 6.10. The van der Waals surface area contributed by atoms with Gasteiger partial charge in [0.2, 0.25) is 0 Å². The van der Waals surface area contributed by atoms with E-state index >= 15 is 0 Å². The molecule has 0 aliphatic rings. The van der Waals surface area contributed by atoms with Crippen molar-refractivity contribution in [3.8, 4) is 0 Å². The van der Waals surface area contributed by atoms with Crippen molar-refractivity contribution in [3.63, 3.8) is 0 Å². The molecule has 3 aromatic carbocycles. The van der Waals surface area contributed by atoms with E-state index in [2.05, 4.69) is 49.4 Å². The predicted molar refractivity (Wildman–Crippen MR) is 85.9 cm³/mol. The van der Waals surface area contributed by atoms with Gasteiger partial charge in [0, 0.05) is 10.8 Å². The third-order valence-corrected chi connectivity index (χ3v) is 3.84. The smallest absolute Gasteiger partial charge is 0.0736 e. The van der Waals surface area contributed by atoms with Crippen molar-refractivity contribution in [2.45, 2.75) is 6.92 Å². The zero-order valence-corrected chi connectivity index (χ0v) is 11.2. The lowest BCUT2D eigenvalue weighted by Gasteiger charge is -2.09. The highest BCUT2D eigenvalue weighted by Crippen LogP contribution is 2.31. The van der Waals surface area contributed by atoms with E-state index in [9.17, 15) is 0 Å². The number of nitrogens with zero attached hydrogens (tertiary/aromatic N) is 1. The number of aromatic nitrogens is 1. The maximum atomic E-state index is 6.36. The minimum atomic E-state index is 0.816. The second kappa shape index (κ2) is 3.94. The normalized spacial score (nSPS) is 11.4. The van der Waals surface area contributed by atoms with Gasteiger partial charge in [0.25, 0.3) is 0 Å². The van der Waals surface area contributed by atoms with Gasteiger partial charge in [-0.15, -0.1) is 0 Å². The molecular formula is C18H14N2.